The zero-order chi connectivity index (χ0) is 12.3. The first-order chi connectivity index (χ1) is 8.15. The molecule has 0 saturated carbocycles. The Hall–Kier alpha value is -1.74. The molecule has 0 saturated heterocycles. The fourth-order valence-electron chi connectivity index (χ4n) is 1.53. The third kappa shape index (κ3) is 3.11. The fraction of sp³-hybridized carbons (Fsp3) is 0.0769. The van der Waals surface area contributed by atoms with Gasteiger partial charge >= 0.3 is 0 Å². The van der Waals surface area contributed by atoms with E-state index in [1.54, 1.807) is 24.3 Å². The van der Waals surface area contributed by atoms with Crippen molar-refractivity contribution in [3.05, 3.63) is 58.9 Å². The van der Waals surface area contributed by atoms with E-state index in [0.717, 1.165) is 11.3 Å². The monoisotopic (exact) mass is 250 g/mol. The summed E-state index contributed by atoms with van der Waals surface area (Å²) in [6.07, 6.45) is 0. The first-order valence-electron chi connectivity index (χ1n) is 5.18. The Balaban J connectivity index is 2.09. The number of hydrogen-bond acceptors (Lipinski definition) is 2. The van der Waals surface area contributed by atoms with Gasteiger partial charge in [-0.25, -0.2) is 4.39 Å². The number of nitrogens with one attached hydrogen (secondary N) is 1. The number of halogens is 2. The molecule has 0 aliphatic rings. The molecule has 0 amide bonds. The second kappa shape index (κ2) is 5.06. The van der Waals surface area contributed by atoms with Gasteiger partial charge in [0.15, 0.2) is 0 Å². The zero-order valence-electron chi connectivity index (χ0n) is 9.08. The van der Waals surface area contributed by atoms with Crippen molar-refractivity contribution in [2.45, 2.75) is 6.54 Å². The summed E-state index contributed by atoms with van der Waals surface area (Å²) in [5, 5.41) is 3.73. The molecule has 3 N–H and O–H groups in total. The summed E-state index contributed by atoms with van der Waals surface area (Å²) in [6, 6.07) is 11.6. The standard InChI is InChI=1S/C13H12ClFN2/c14-10-4-5-12(16)13(7-10)17-8-9-2-1-3-11(15)6-9/h1-7,17H,8,16H2. The molecule has 0 bridgehead atoms. The summed E-state index contributed by atoms with van der Waals surface area (Å²) >= 11 is 5.87. The summed E-state index contributed by atoms with van der Waals surface area (Å²) in [7, 11) is 0. The third-order valence-electron chi connectivity index (χ3n) is 2.39. The van der Waals surface area contributed by atoms with Gasteiger partial charge in [-0.1, -0.05) is 23.7 Å². The smallest absolute Gasteiger partial charge is 0.123 e. The van der Waals surface area contributed by atoms with Gasteiger partial charge in [0.1, 0.15) is 5.82 Å². The number of rotatable bonds is 3. The van der Waals surface area contributed by atoms with Crippen LogP contribution in [0.5, 0.6) is 0 Å². The van der Waals surface area contributed by atoms with Crippen LogP contribution in [0.2, 0.25) is 5.02 Å². The lowest BCUT2D eigenvalue weighted by Gasteiger charge is -2.09. The van der Waals surface area contributed by atoms with Crippen LogP contribution in [0, 0.1) is 5.82 Å². The number of hydrogen-bond donors (Lipinski definition) is 2. The summed E-state index contributed by atoms with van der Waals surface area (Å²) in [6.45, 7) is 0.502. The molecule has 0 atom stereocenters. The highest BCUT2D eigenvalue weighted by Crippen LogP contribution is 2.23. The van der Waals surface area contributed by atoms with E-state index >= 15 is 0 Å². The molecule has 0 heterocycles. The molecular formula is C13H12ClFN2. The van der Waals surface area contributed by atoms with Crippen molar-refractivity contribution in [1.82, 2.24) is 0 Å². The number of anilines is 2. The largest absolute Gasteiger partial charge is 0.397 e. The molecule has 0 aliphatic heterocycles. The van der Waals surface area contributed by atoms with E-state index in [-0.39, 0.29) is 5.82 Å². The highest BCUT2D eigenvalue weighted by Gasteiger charge is 2.00. The molecule has 2 nitrogen and oxygen atoms in total. The molecule has 0 fully saturated rings. The van der Waals surface area contributed by atoms with Crippen LogP contribution in [0.4, 0.5) is 15.8 Å². The van der Waals surface area contributed by atoms with Crippen LogP contribution in [0.3, 0.4) is 0 Å². The minimum Gasteiger partial charge on any atom is -0.397 e. The topological polar surface area (TPSA) is 38.0 Å². The Morgan fingerprint density at radius 1 is 1.18 bits per heavy atom. The van der Waals surface area contributed by atoms with Gasteiger partial charge in [-0.3, -0.25) is 0 Å². The van der Waals surface area contributed by atoms with Crippen LogP contribution in [-0.2, 0) is 6.54 Å². The molecule has 0 unspecified atom stereocenters. The maximum absolute atomic E-state index is 13.0. The van der Waals surface area contributed by atoms with E-state index in [1.807, 2.05) is 6.07 Å². The highest BCUT2D eigenvalue weighted by atomic mass is 35.5. The van der Waals surface area contributed by atoms with E-state index in [1.165, 1.54) is 12.1 Å². The van der Waals surface area contributed by atoms with Gasteiger partial charge in [0.25, 0.3) is 0 Å². The second-order valence-corrected chi connectivity index (χ2v) is 4.15. The molecular weight excluding hydrogens is 239 g/mol. The average molecular weight is 251 g/mol. The molecule has 0 aliphatic carbocycles. The zero-order valence-corrected chi connectivity index (χ0v) is 9.84. The van der Waals surface area contributed by atoms with Crippen molar-refractivity contribution >= 4 is 23.0 Å². The van der Waals surface area contributed by atoms with Crippen LogP contribution >= 0.6 is 11.6 Å². The summed E-state index contributed by atoms with van der Waals surface area (Å²) in [5.74, 6) is -0.247. The predicted molar refractivity (Wildman–Crippen MR) is 69.6 cm³/mol. The predicted octanol–water partition coefficient (Wildman–Crippen LogP) is 3.67. The Kier molecular flexibility index (Phi) is 3.49. The Labute approximate surface area is 104 Å². The first-order valence-corrected chi connectivity index (χ1v) is 5.56. The average Bonchev–Trinajstić information content (AvgIpc) is 2.30. The Morgan fingerprint density at radius 3 is 2.76 bits per heavy atom. The molecule has 2 aromatic carbocycles. The van der Waals surface area contributed by atoms with E-state index in [4.69, 9.17) is 17.3 Å². The van der Waals surface area contributed by atoms with E-state index < -0.39 is 0 Å². The quantitative estimate of drug-likeness (QED) is 0.816. The minimum atomic E-state index is -0.247. The highest BCUT2D eigenvalue weighted by molar-refractivity contribution is 6.31. The van der Waals surface area contributed by atoms with Gasteiger partial charge in [0, 0.05) is 11.6 Å². The van der Waals surface area contributed by atoms with Crippen LogP contribution in [0.1, 0.15) is 5.56 Å². The van der Waals surface area contributed by atoms with Crippen molar-refractivity contribution in [3.63, 3.8) is 0 Å². The van der Waals surface area contributed by atoms with Gasteiger partial charge in [0.2, 0.25) is 0 Å². The third-order valence-corrected chi connectivity index (χ3v) is 2.62. The summed E-state index contributed by atoms with van der Waals surface area (Å²) < 4.78 is 13.0. The minimum absolute atomic E-state index is 0.247. The maximum atomic E-state index is 13.0. The first kappa shape index (κ1) is 11.7. The van der Waals surface area contributed by atoms with E-state index in [9.17, 15) is 4.39 Å². The SMILES string of the molecule is Nc1ccc(Cl)cc1NCc1cccc(F)c1. The van der Waals surface area contributed by atoms with Crippen LogP contribution in [0.15, 0.2) is 42.5 Å². The van der Waals surface area contributed by atoms with E-state index in [0.29, 0.717) is 17.3 Å². The van der Waals surface area contributed by atoms with Crippen molar-refractivity contribution in [1.29, 1.82) is 0 Å². The van der Waals surface area contributed by atoms with Gasteiger partial charge in [-0.15, -0.1) is 0 Å². The molecule has 0 aromatic heterocycles. The molecule has 0 spiro atoms. The molecule has 17 heavy (non-hydrogen) atoms. The lowest BCUT2D eigenvalue weighted by atomic mass is 10.2. The maximum Gasteiger partial charge on any atom is 0.123 e. The Bertz CT molecular complexity index is 529. The molecule has 2 aromatic rings. The summed E-state index contributed by atoms with van der Waals surface area (Å²) in [4.78, 5) is 0. The van der Waals surface area contributed by atoms with Crippen molar-refractivity contribution in [3.8, 4) is 0 Å². The van der Waals surface area contributed by atoms with Gasteiger partial charge in [0.05, 0.1) is 11.4 Å². The van der Waals surface area contributed by atoms with Gasteiger partial charge in [-0.05, 0) is 35.9 Å². The van der Waals surface area contributed by atoms with Crippen molar-refractivity contribution < 1.29 is 4.39 Å². The molecule has 4 heteroatoms. The number of nitrogens with two attached hydrogens (primary N) is 1. The lowest BCUT2D eigenvalue weighted by molar-refractivity contribution is 0.626. The molecule has 88 valence electrons. The van der Waals surface area contributed by atoms with Gasteiger partial charge in [-0.2, -0.15) is 0 Å². The lowest BCUT2D eigenvalue weighted by Crippen LogP contribution is -2.02. The molecule has 0 radical (unpaired) electrons. The molecule has 2 rings (SSSR count). The van der Waals surface area contributed by atoms with Crippen LogP contribution < -0.4 is 11.1 Å². The Morgan fingerprint density at radius 2 is 2.00 bits per heavy atom. The summed E-state index contributed by atoms with van der Waals surface area (Å²) in [5.41, 5.74) is 8.01. The number of nitrogen functional groups attached to an aromatic ring is 1. The van der Waals surface area contributed by atoms with Crippen molar-refractivity contribution in [2.75, 3.05) is 11.1 Å². The van der Waals surface area contributed by atoms with Crippen molar-refractivity contribution in [2.24, 2.45) is 0 Å². The van der Waals surface area contributed by atoms with Crippen LogP contribution in [0.25, 0.3) is 0 Å². The van der Waals surface area contributed by atoms with E-state index in [2.05, 4.69) is 5.32 Å². The van der Waals surface area contributed by atoms with Gasteiger partial charge < -0.3 is 11.1 Å². The normalized spacial score (nSPS) is 10.2. The van der Waals surface area contributed by atoms with Crippen LogP contribution in [-0.4, -0.2) is 0 Å². The second-order valence-electron chi connectivity index (χ2n) is 3.72. The number of benzene rings is 2. The fourth-order valence-corrected chi connectivity index (χ4v) is 1.70.